The van der Waals surface area contributed by atoms with Crippen LogP contribution in [0.1, 0.15) is 71.4 Å². The average molecular weight is 443 g/mol. The van der Waals surface area contributed by atoms with Gasteiger partial charge in [0.15, 0.2) is 10.9 Å². The summed E-state index contributed by atoms with van der Waals surface area (Å²) in [5, 5.41) is 12.8. The summed E-state index contributed by atoms with van der Waals surface area (Å²) in [7, 11) is 0. The van der Waals surface area contributed by atoms with Gasteiger partial charge in [-0.3, -0.25) is 4.79 Å². The molecule has 4 aliphatic rings. The van der Waals surface area contributed by atoms with E-state index in [0.29, 0.717) is 12.3 Å². The summed E-state index contributed by atoms with van der Waals surface area (Å²) in [6.45, 7) is 19.8. The maximum absolute atomic E-state index is 13.7. The predicted molar refractivity (Wildman–Crippen MR) is 127 cm³/mol. The molecule has 1 unspecified atom stereocenters. The van der Waals surface area contributed by atoms with Gasteiger partial charge >= 0.3 is 0 Å². The van der Waals surface area contributed by atoms with Crippen LogP contribution in [0.25, 0.3) is 0 Å². The molecule has 1 spiro atoms. The van der Waals surface area contributed by atoms with Gasteiger partial charge in [0.25, 0.3) is 0 Å². The average Bonchev–Trinajstić information content (AvgIpc) is 3.17. The van der Waals surface area contributed by atoms with Crippen molar-refractivity contribution in [3.8, 4) is 0 Å². The van der Waals surface area contributed by atoms with Crippen LogP contribution in [0, 0.1) is 34.5 Å². The molecule has 5 heteroatoms. The Labute approximate surface area is 191 Å². The summed E-state index contributed by atoms with van der Waals surface area (Å²) in [6, 6.07) is 0. The molecule has 0 radical (unpaired) electrons. The SMILES string of the molecule is C=C1C(=O)[C@]23C(C)[C@@H]1CC[C@H]2[C@]1(C)Cc2sc(N(CC)CC)nc2C(C)(C)[C@H]1C[C@H]3O. The number of nitrogens with zero attached hydrogens (tertiary/aromatic N) is 2. The van der Waals surface area contributed by atoms with Crippen LogP contribution < -0.4 is 4.90 Å². The highest BCUT2D eigenvalue weighted by atomic mass is 32.1. The fraction of sp³-hybridized carbons (Fsp3) is 0.769. The lowest BCUT2D eigenvalue weighted by Gasteiger charge is -2.65. The molecule has 2 bridgehead atoms. The summed E-state index contributed by atoms with van der Waals surface area (Å²) in [4.78, 5) is 22.6. The number of fused-ring (bicyclic) bond motifs is 4. The van der Waals surface area contributed by atoms with Gasteiger partial charge in [0.1, 0.15) is 0 Å². The Morgan fingerprint density at radius 2 is 1.87 bits per heavy atom. The van der Waals surface area contributed by atoms with Crippen molar-refractivity contribution in [2.24, 2.45) is 34.5 Å². The number of carbonyl (C=O) groups is 1. The van der Waals surface area contributed by atoms with Gasteiger partial charge in [-0.1, -0.05) is 34.3 Å². The van der Waals surface area contributed by atoms with Crippen LogP contribution in [0.15, 0.2) is 12.2 Å². The standard InChI is InChI=1S/C26H38N2O2S/c1-8-28(9-2)23-27-21-17(31-23)13-25(7)18-11-10-16-14(3)22(30)26(18,15(16)4)20(29)12-19(25)24(21,5)6/h15-16,18-20,29H,3,8-13H2,1-2,4-7H3/t15?,16-,18+,19-,20-,25+,26-/m1/s1. The molecule has 31 heavy (non-hydrogen) atoms. The van der Waals surface area contributed by atoms with E-state index in [-0.39, 0.29) is 34.4 Å². The van der Waals surface area contributed by atoms with E-state index >= 15 is 0 Å². The fourth-order valence-electron chi connectivity index (χ4n) is 8.73. The van der Waals surface area contributed by atoms with E-state index in [4.69, 9.17) is 4.98 Å². The molecule has 4 aliphatic carbocycles. The van der Waals surface area contributed by atoms with Crippen molar-refractivity contribution in [3.63, 3.8) is 0 Å². The largest absolute Gasteiger partial charge is 0.392 e. The fourth-order valence-corrected chi connectivity index (χ4v) is 10.3. The van der Waals surface area contributed by atoms with Gasteiger partial charge in [0.05, 0.1) is 17.2 Å². The van der Waals surface area contributed by atoms with E-state index in [2.05, 4.69) is 53.0 Å². The van der Waals surface area contributed by atoms with E-state index in [1.807, 2.05) is 11.3 Å². The summed E-state index contributed by atoms with van der Waals surface area (Å²) < 4.78 is 0. The molecule has 0 saturated heterocycles. The zero-order valence-corrected chi connectivity index (χ0v) is 20.8. The van der Waals surface area contributed by atoms with Crippen molar-refractivity contribution in [1.29, 1.82) is 0 Å². The molecule has 1 aromatic heterocycles. The molecule has 1 heterocycles. The van der Waals surface area contributed by atoms with E-state index in [0.717, 1.165) is 43.1 Å². The van der Waals surface area contributed by atoms with Gasteiger partial charge < -0.3 is 10.0 Å². The summed E-state index contributed by atoms with van der Waals surface area (Å²) in [5.74, 6) is 1.14. The number of aromatic nitrogens is 1. The number of ketones is 1. The Morgan fingerprint density at radius 3 is 2.52 bits per heavy atom. The number of anilines is 1. The Hall–Kier alpha value is -1.20. The summed E-state index contributed by atoms with van der Waals surface area (Å²) in [6.07, 6.45) is 3.14. The lowest BCUT2D eigenvalue weighted by molar-refractivity contribution is -0.195. The molecule has 1 N–H and O–H groups in total. The molecule has 4 nitrogen and oxygen atoms in total. The van der Waals surface area contributed by atoms with Crippen LogP contribution in [-0.4, -0.2) is 35.1 Å². The first kappa shape index (κ1) is 21.6. The van der Waals surface area contributed by atoms with Crippen LogP contribution in [0.3, 0.4) is 0 Å². The molecule has 7 atom stereocenters. The van der Waals surface area contributed by atoms with E-state index < -0.39 is 11.5 Å². The number of aliphatic hydroxyl groups excluding tert-OH is 1. The van der Waals surface area contributed by atoms with E-state index in [1.165, 1.54) is 10.6 Å². The Balaban J connectivity index is 1.65. The second kappa shape index (κ2) is 6.66. The number of carbonyl (C=O) groups excluding carboxylic acids is 1. The smallest absolute Gasteiger partial charge is 0.185 e. The Kier molecular flexibility index (Phi) is 4.65. The van der Waals surface area contributed by atoms with Gasteiger partial charge in [0, 0.05) is 23.4 Å². The maximum atomic E-state index is 13.7. The third kappa shape index (κ3) is 2.40. The van der Waals surface area contributed by atoms with E-state index in [1.54, 1.807) is 0 Å². The van der Waals surface area contributed by atoms with Crippen molar-refractivity contribution in [2.45, 2.75) is 78.7 Å². The minimum atomic E-state index is -0.634. The molecule has 3 saturated carbocycles. The lowest BCUT2D eigenvalue weighted by atomic mass is 9.39. The molecule has 5 rings (SSSR count). The normalized spacial score (nSPS) is 42.7. The number of allylic oxidation sites excluding steroid dienone is 1. The molecule has 1 aromatic rings. The molecule has 170 valence electrons. The van der Waals surface area contributed by atoms with Crippen LogP contribution in [0.5, 0.6) is 0 Å². The second-order valence-electron chi connectivity index (χ2n) is 11.5. The van der Waals surface area contributed by atoms with Gasteiger partial charge in [-0.2, -0.15) is 0 Å². The Morgan fingerprint density at radius 1 is 1.19 bits per heavy atom. The van der Waals surface area contributed by atoms with Gasteiger partial charge in [0.2, 0.25) is 0 Å². The van der Waals surface area contributed by atoms with Crippen molar-refractivity contribution in [2.75, 3.05) is 18.0 Å². The van der Waals surface area contributed by atoms with Crippen molar-refractivity contribution < 1.29 is 9.90 Å². The van der Waals surface area contributed by atoms with Crippen molar-refractivity contribution in [3.05, 3.63) is 22.7 Å². The predicted octanol–water partition coefficient (Wildman–Crippen LogP) is 5.00. The first-order valence-electron chi connectivity index (χ1n) is 12.2. The molecule has 0 aromatic carbocycles. The summed E-state index contributed by atoms with van der Waals surface area (Å²) in [5.41, 5.74) is 1.25. The highest BCUT2D eigenvalue weighted by molar-refractivity contribution is 7.15. The second-order valence-corrected chi connectivity index (χ2v) is 12.5. The zero-order valence-electron chi connectivity index (χ0n) is 20.0. The summed E-state index contributed by atoms with van der Waals surface area (Å²) >= 11 is 1.86. The lowest BCUT2D eigenvalue weighted by Crippen LogP contribution is -2.66. The van der Waals surface area contributed by atoms with Gasteiger partial charge in [-0.25, -0.2) is 4.98 Å². The highest BCUT2D eigenvalue weighted by Crippen LogP contribution is 2.72. The van der Waals surface area contributed by atoms with Gasteiger partial charge in [-0.15, -0.1) is 11.3 Å². The minimum absolute atomic E-state index is 0.0116. The van der Waals surface area contributed by atoms with Gasteiger partial charge in [-0.05, 0) is 74.2 Å². The molecule has 0 aliphatic heterocycles. The molecule has 0 amide bonds. The van der Waals surface area contributed by atoms with Crippen LogP contribution >= 0.6 is 11.3 Å². The number of hydrogen-bond donors (Lipinski definition) is 1. The number of aliphatic hydroxyl groups is 1. The topological polar surface area (TPSA) is 53.4 Å². The van der Waals surface area contributed by atoms with Crippen molar-refractivity contribution >= 4 is 22.3 Å². The minimum Gasteiger partial charge on any atom is -0.392 e. The maximum Gasteiger partial charge on any atom is 0.185 e. The van der Waals surface area contributed by atoms with Crippen molar-refractivity contribution in [1.82, 2.24) is 4.98 Å². The van der Waals surface area contributed by atoms with Crippen LogP contribution in [0.2, 0.25) is 0 Å². The molecular weight excluding hydrogens is 404 g/mol. The number of Topliss-reactive ketones (excluding diaryl/α,β-unsaturated/α-hetero) is 1. The third-order valence-electron chi connectivity index (χ3n) is 10.2. The number of rotatable bonds is 3. The first-order valence-corrected chi connectivity index (χ1v) is 13.0. The van der Waals surface area contributed by atoms with Crippen LogP contribution in [-0.2, 0) is 16.6 Å². The zero-order chi connectivity index (χ0) is 22.5. The first-order chi connectivity index (χ1) is 14.5. The highest BCUT2D eigenvalue weighted by Gasteiger charge is 2.73. The monoisotopic (exact) mass is 442 g/mol. The number of hydrogen-bond acceptors (Lipinski definition) is 5. The Bertz CT molecular complexity index is 947. The number of thiazole rings is 1. The molecule has 3 fully saturated rings. The van der Waals surface area contributed by atoms with E-state index in [9.17, 15) is 9.90 Å². The molecular formula is C26H38N2O2S. The van der Waals surface area contributed by atoms with Crippen LogP contribution in [0.4, 0.5) is 5.13 Å². The third-order valence-corrected chi connectivity index (χ3v) is 11.3. The quantitative estimate of drug-likeness (QED) is 0.670.